The van der Waals surface area contributed by atoms with Crippen LogP contribution in [0.1, 0.15) is 24.1 Å². The van der Waals surface area contributed by atoms with Crippen molar-refractivity contribution >= 4 is 17.6 Å². The highest BCUT2D eigenvalue weighted by Gasteiger charge is 2.36. The van der Waals surface area contributed by atoms with Crippen molar-refractivity contribution < 1.29 is 9.59 Å². The van der Waals surface area contributed by atoms with Crippen molar-refractivity contribution in [2.75, 3.05) is 12.4 Å². The monoisotopic (exact) mass is 245 g/mol. The number of pyridine rings is 1. The van der Waals surface area contributed by atoms with Crippen LogP contribution in [0.25, 0.3) is 0 Å². The number of aromatic nitrogens is 1. The molecule has 1 unspecified atom stereocenters. The SMILES string of the molecule is CN1C(=O)CC(Nc2ccc3c(n2)CCC3)C1=O. The van der Waals surface area contributed by atoms with Crippen LogP contribution in [0.3, 0.4) is 0 Å². The van der Waals surface area contributed by atoms with Gasteiger partial charge in [-0.25, -0.2) is 4.98 Å². The predicted octanol–water partition coefficient (Wildman–Crippen LogP) is 0.739. The number of anilines is 1. The lowest BCUT2D eigenvalue weighted by Crippen LogP contribution is -2.32. The molecule has 0 saturated carbocycles. The molecule has 1 aliphatic heterocycles. The predicted molar refractivity (Wildman–Crippen MR) is 66.1 cm³/mol. The number of hydrogen-bond acceptors (Lipinski definition) is 4. The third kappa shape index (κ3) is 1.75. The van der Waals surface area contributed by atoms with Crippen LogP contribution >= 0.6 is 0 Å². The van der Waals surface area contributed by atoms with Gasteiger partial charge in [0.2, 0.25) is 5.91 Å². The Morgan fingerprint density at radius 1 is 1.33 bits per heavy atom. The van der Waals surface area contributed by atoms with E-state index in [0.717, 1.165) is 25.0 Å². The number of imide groups is 1. The van der Waals surface area contributed by atoms with Gasteiger partial charge >= 0.3 is 0 Å². The fraction of sp³-hybridized carbons (Fsp3) is 0.462. The van der Waals surface area contributed by atoms with Gasteiger partial charge in [-0.15, -0.1) is 0 Å². The maximum atomic E-state index is 11.8. The minimum Gasteiger partial charge on any atom is -0.358 e. The first-order valence-electron chi connectivity index (χ1n) is 6.21. The summed E-state index contributed by atoms with van der Waals surface area (Å²) in [5.41, 5.74) is 2.41. The molecule has 0 radical (unpaired) electrons. The zero-order valence-electron chi connectivity index (χ0n) is 10.3. The molecule has 1 saturated heterocycles. The van der Waals surface area contributed by atoms with Crippen molar-refractivity contribution in [1.82, 2.24) is 9.88 Å². The molecule has 1 aromatic heterocycles. The summed E-state index contributed by atoms with van der Waals surface area (Å²) in [6.45, 7) is 0. The van der Waals surface area contributed by atoms with Gasteiger partial charge in [-0.05, 0) is 30.9 Å². The van der Waals surface area contributed by atoms with Crippen LogP contribution in [0.15, 0.2) is 12.1 Å². The lowest BCUT2D eigenvalue weighted by Gasteiger charge is -2.12. The molecule has 1 N–H and O–H groups in total. The van der Waals surface area contributed by atoms with Crippen molar-refractivity contribution in [3.05, 3.63) is 23.4 Å². The molecule has 2 heterocycles. The largest absolute Gasteiger partial charge is 0.358 e. The number of likely N-dealkylation sites (tertiary alicyclic amines) is 1. The maximum Gasteiger partial charge on any atom is 0.251 e. The molecular weight excluding hydrogens is 230 g/mol. The third-order valence-corrected chi connectivity index (χ3v) is 3.63. The fourth-order valence-electron chi connectivity index (χ4n) is 2.55. The van der Waals surface area contributed by atoms with Crippen molar-refractivity contribution in [2.24, 2.45) is 0 Å². The van der Waals surface area contributed by atoms with Gasteiger partial charge in [-0.1, -0.05) is 6.07 Å². The van der Waals surface area contributed by atoms with Crippen molar-refractivity contribution in [3.63, 3.8) is 0 Å². The number of nitrogens with one attached hydrogen (secondary N) is 1. The zero-order chi connectivity index (χ0) is 12.7. The number of aryl methyl sites for hydroxylation is 2. The minimum absolute atomic E-state index is 0.140. The molecule has 2 amide bonds. The van der Waals surface area contributed by atoms with Crippen LogP contribution < -0.4 is 5.32 Å². The summed E-state index contributed by atoms with van der Waals surface area (Å²) in [6, 6.07) is 3.48. The molecule has 5 nitrogen and oxygen atoms in total. The molecule has 1 fully saturated rings. The van der Waals surface area contributed by atoms with Crippen molar-refractivity contribution in [1.29, 1.82) is 0 Å². The maximum absolute atomic E-state index is 11.8. The van der Waals surface area contributed by atoms with E-state index in [1.54, 1.807) is 0 Å². The third-order valence-electron chi connectivity index (χ3n) is 3.63. The number of likely N-dealkylation sites (N-methyl/N-ethyl adjacent to an activating group) is 1. The molecule has 3 rings (SSSR count). The Kier molecular flexibility index (Phi) is 2.54. The number of rotatable bonds is 2. The summed E-state index contributed by atoms with van der Waals surface area (Å²) < 4.78 is 0. The van der Waals surface area contributed by atoms with Crippen LogP contribution in [0, 0.1) is 0 Å². The second-order valence-corrected chi connectivity index (χ2v) is 4.85. The van der Waals surface area contributed by atoms with Gasteiger partial charge in [0, 0.05) is 12.7 Å². The van der Waals surface area contributed by atoms with Gasteiger partial charge in [0.25, 0.3) is 5.91 Å². The summed E-state index contributed by atoms with van der Waals surface area (Å²) in [5.74, 6) is 0.373. The zero-order valence-corrected chi connectivity index (χ0v) is 10.3. The molecule has 2 aliphatic rings. The van der Waals surface area contributed by atoms with E-state index in [-0.39, 0.29) is 18.2 Å². The average Bonchev–Trinajstić information content (AvgIpc) is 2.91. The Morgan fingerprint density at radius 3 is 2.89 bits per heavy atom. The molecule has 1 atom stereocenters. The van der Waals surface area contributed by atoms with Gasteiger partial charge in [-0.3, -0.25) is 14.5 Å². The molecule has 0 aromatic carbocycles. The minimum atomic E-state index is -0.463. The standard InChI is InChI=1S/C13H15N3O2/c1-16-12(17)7-10(13(16)18)15-11-6-5-8-3-2-4-9(8)14-11/h5-6,10H,2-4,7H2,1H3,(H,14,15). The van der Waals surface area contributed by atoms with E-state index in [4.69, 9.17) is 0 Å². The molecule has 0 spiro atoms. The molecule has 1 aliphatic carbocycles. The average molecular weight is 245 g/mol. The highest BCUT2D eigenvalue weighted by molar-refractivity contribution is 6.06. The first-order chi connectivity index (χ1) is 8.65. The fourth-order valence-corrected chi connectivity index (χ4v) is 2.55. The van der Waals surface area contributed by atoms with E-state index >= 15 is 0 Å². The van der Waals surface area contributed by atoms with Crippen molar-refractivity contribution in [3.8, 4) is 0 Å². The van der Waals surface area contributed by atoms with E-state index in [0.29, 0.717) is 5.82 Å². The van der Waals surface area contributed by atoms with E-state index < -0.39 is 6.04 Å². The smallest absolute Gasteiger partial charge is 0.251 e. The second-order valence-electron chi connectivity index (χ2n) is 4.85. The number of nitrogens with zero attached hydrogens (tertiary/aromatic N) is 2. The summed E-state index contributed by atoms with van der Waals surface area (Å²) in [4.78, 5) is 28.9. The molecule has 94 valence electrons. The first-order valence-corrected chi connectivity index (χ1v) is 6.21. The molecule has 1 aromatic rings. The topological polar surface area (TPSA) is 62.3 Å². The summed E-state index contributed by atoms with van der Waals surface area (Å²) >= 11 is 0. The molecule has 0 bridgehead atoms. The summed E-state index contributed by atoms with van der Waals surface area (Å²) in [5, 5.41) is 3.06. The number of hydrogen-bond donors (Lipinski definition) is 1. The number of fused-ring (bicyclic) bond motifs is 1. The second kappa shape index (κ2) is 4.08. The lowest BCUT2D eigenvalue weighted by molar-refractivity contribution is -0.136. The van der Waals surface area contributed by atoms with Crippen LogP contribution in [0.5, 0.6) is 0 Å². The Labute approximate surface area is 105 Å². The summed E-state index contributed by atoms with van der Waals surface area (Å²) in [6.07, 6.45) is 3.46. The Hall–Kier alpha value is -1.91. The molecule has 5 heteroatoms. The first kappa shape index (κ1) is 11.2. The molecule has 18 heavy (non-hydrogen) atoms. The number of amides is 2. The number of carbonyl (C=O) groups is 2. The van der Waals surface area contributed by atoms with Crippen LogP contribution in [-0.2, 0) is 22.4 Å². The van der Waals surface area contributed by atoms with Crippen molar-refractivity contribution in [2.45, 2.75) is 31.7 Å². The highest BCUT2D eigenvalue weighted by atomic mass is 16.2. The van der Waals surface area contributed by atoms with Gasteiger partial charge < -0.3 is 5.32 Å². The van der Waals surface area contributed by atoms with Gasteiger partial charge in [-0.2, -0.15) is 0 Å². The van der Waals surface area contributed by atoms with Crippen LogP contribution in [0.4, 0.5) is 5.82 Å². The van der Waals surface area contributed by atoms with Crippen LogP contribution in [0.2, 0.25) is 0 Å². The normalized spacial score (nSPS) is 22.5. The summed E-state index contributed by atoms with van der Waals surface area (Å²) in [7, 11) is 1.52. The van der Waals surface area contributed by atoms with E-state index in [2.05, 4.69) is 16.4 Å². The Balaban J connectivity index is 1.77. The quantitative estimate of drug-likeness (QED) is 0.781. The van der Waals surface area contributed by atoms with Gasteiger partial charge in [0.1, 0.15) is 11.9 Å². The lowest BCUT2D eigenvalue weighted by atomic mass is 10.2. The molecular formula is C13H15N3O2. The van der Waals surface area contributed by atoms with Crippen LogP contribution in [-0.4, -0.2) is 34.8 Å². The van der Waals surface area contributed by atoms with E-state index in [1.165, 1.54) is 17.5 Å². The Morgan fingerprint density at radius 2 is 2.17 bits per heavy atom. The highest BCUT2D eigenvalue weighted by Crippen LogP contribution is 2.23. The van der Waals surface area contributed by atoms with E-state index in [1.807, 2.05) is 6.07 Å². The van der Waals surface area contributed by atoms with E-state index in [9.17, 15) is 9.59 Å². The number of carbonyl (C=O) groups excluding carboxylic acids is 2. The van der Waals surface area contributed by atoms with Gasteiger partial charge in [0.05, 0.1) is 6.42 Å². The van der Waals surface area contributed by atoms with Gasteiger partial charge in [0.15, 0.2) is 0 Å². The Bertz CT molecular complexity index is 527.